The van der Waals surface area contributed by atoms with Crippen LogP contribution < -0.4 is 21.6 Å². The minimum atomic E-state index is -1.52. The van der Waals surface area contributed by atoms with Gasteiger partial charge in [0.1, 0.15) is 11.9 Å². The maximum absolute atomic E-state index is 13.8. The number of rotatable bonds is 9. The monoisotopic (exact) mass is 554 g/mol. The molecule has 1 aromatic heterocycles. The molecule has 6 rings (SSSR count). The highest BCUT2D eigenvalue weighted by Gasteiger charge is 2.32. The van der Waals surface area contributed by atoms with Crippen molar-refractivity contribution in [1.29, 1.82) is 5.26 Å². The Morgan fingerprint density at radius 2 is 1.95 bits per heavy atom. The van der Waals surface area contributed by atoms with E-state index in [1.54, 1.807) is 18.2 Å². The van der Waals surface area contributed by atoms with Crippen LogP contribution in [0.1, 0.15) is 49.8 Å². The molecule has 1 aliphatic heterocycles. The Balaban J connectivity index is 1.39. The largest absolute Gasteiger partial charge is 0.383 e. The second-order valence-electron chi connectivity index (χ2n) is 10.1. The molecule has 0 spiro atoms. The number of anilines is 2. The van der Waals surface area contributed by atoms with Crippen molar-refractivity contribution in [2.75, 3.05) is 17.2 Å². The van der Waals surface area contributed by atoms with E-state index in [0.29, 0.717) is 56.7 Å². The van der Waals surface area contributed by atoms with Crippen LogP contribution >= 0.6 is 11.6 Å². The molecule has 2 heterocycles. The fraction of sp³-hybridized carbons (Fsp3) is 0.226. The first kappa shape index (κ1) is 24.7. The van der Waals surface area contributed by atoms with Crippen LogP contribution in [0.2, 0.25) is 5.02 Å². The van der Waals surface area contributed by atoms with Crippen LogP contribution in [-0.2, 0) is 0 Å². The third-order valence-corrected chi connectivity index (χ3v) is 7.49. The van der Waals surface area contributed by atoms with E-state index in [1.165, 1.54) is 23.9 Å². The summed E-state index contributed by atoms with van der Waals surface area (Å²) in [5, 5.41) is 19.7. The van der Waals surface area contributed by atoms with Crippen LogP contribution in [0.15, 0.2) is 84.8 Å². The minimum Gasteiger partial charge on any atom is -0.383 e. The fourth-order valence-corrected chi connectivity index (χ4v) is 5.09. The van der Waals surface area contributed by atoms with Crippen molar-refractivity contribution in [2.45, 2.75) is 37.7 Å². The summed E-state index contributed by atoms with van der Waals surface area (Å²) in [6.45, 7) is 2.71. The van der Waals surface area contributed by atoms with Crippen LogP contribution in [0.3, 0.4) is 0 Å². The van der Waals surface area contributed by atoms with Crippen molar-refractivity contribution >= 4 is 33.9 Å². The lowest BCUT2D eigenvalue weighted by atomic mass is 10.0. The maximum Gasteiger partial charge on any atom is 0.123 e. The molecule has 0 radical (unpaired) electrons. The van der Waals surface area contributed by atoms with Gasteiger partial charge in [-0.3, -0.25) is 9.99 Å². The molecule has 4 aromatic rings. The highest BCUT2D eigenvalue weighted by molar-refractivity contribution is 6.35. The number of benzene rings is 3. The Bertz CT molecular complexity index is 1650. The lowest BCUT2D eigenvalue weighted by Gasteiger charge is -2.22. The molecule has 0 bridgehead atoms. The number of halogens is 2. The number of nitrogens with one attached hydrogen (secondary N) is 4. The fourth-order valence-electron chi connectivity index (χ4n) is 4.82. The van der Waals surface area contributed by atoms with E-state index in [9.17, 15) is 11.0 Å². The van der Waals surface area contributed by atoms with Crippen LogP contribution in [0.4, 0.5) is 15.8 Å². The van der Waals surface area contributed by atoms with Gasteiger partial charge in [0, 0.05) is 36.1 Å². The Kier molecular flexibility index (Phi) is 6.82. The summed E-state index contributed by atoms with van der Waals surface area (Å²) in [4.78, 5) is 4.47. The number of nitriles is 1. The molecule has 0 saturated heterocycles. The molecular weight excluding hydrogens is 525 g/mol. The summed E-state index contributed by atoms with van der Waals surface area (Å²) < 4.78 is 23.4. The highest BCUT2D eigenvalue weighted by atomic mass is 35.5. The second-order valence-corrected chi connectivity index (χ2v) is 10.5. The van der Waals surface area contributed by atoms with Crippen molar-refractivity contribution in [1.82, 2.24) is 21.0 Å². The topological polar surface area (TPSA) is 88.0 Å². The molecule has 4 N–H and O–H groups in total. The SMILES string of the molecule is [2H][C@](Nc1cc(Cl)c2ncc(C#N)c(NC[C@@H](C)c3ccccc3)c2c1)(C1=CN(C2CC2)NN1)c1ccc(F)cc1. The number of nitrogens with zero attached hydrogens (tertiary/aromatic N) is 3. The lowest BCUT2D eigenvalue weighted by molar-refractivity contribution is 0.260. The van der Waals surface area contributed by atoms with Gasteiger partial charge < -0.3 is 16.1 Å². The Morgan fingerprint density at radius 1 is 1.18 bits per heavy atom. The first-order chi connectivity index (χ1) is 19.9. The molecule has 7 nitrogen and oxygen atoms in total. The van der Waals surface area contributed by atoms with Crippen molar-refractivity contribution in [3.63, 3.8) is 0 Å². The van der Waals surface area contributed by atoms with Gasteiger partial charge in [0.25, 0.3) is 0 Å². The zero-order valence-corrected chi connectivity index (χ0v) is 22.6. The van der Waals surface area contributed by atoms with Crippen molar-refractivity contribution in [3.8, 4) is 6.07 Å². The molecule has 1 saturated carbocycles. The minimum absolute atomic E-state index is 0.185. The number of fused-ring (bicyclic) bond motifs is 1. The van der Waals surface area contributed by atoms with Crippen LogP contribution in [-0.4, -0.2) is 22.6 Å². The highest BCUT2D eigenvalue weighted by Crippen LogP contribution is 2.37. The molecule has 1 aliphatic carbocycles. The Hall–Kier alpha value is -4.32. The van der Waals surface area contributed by atoms with E-state index in [-0.39, 0.29) is 11.7 Å². The third kappa shape index (κ3) is 5.39. The summed E-state index contributed by atoms with van der Waals surface area (Å²) in [7, 11) is 0. The molecule has 0 unspecified atom stereocenters. The predicted molar refractivity (Wildman–Crippen MR) is 157 cm³/mol. The van der Waals surface area contributed by atoms with E-state index < -0.39 is 6.02 Å². The number of hydrazine groups is 2. The number of hydrogen-bond acceptors (Lipinski definition) is 7. The lowest BCUT2D eigenvalue weighted by Crippen LogP contribution is -2.38. The van der Waals surface area contributed by atoms with Crippen LogP contribution in [0.25, 0.3) is 10.9 Å². The molecule has 2 atom stereocenters. The third-order valence-electron chi connectivity index (χ3n) is 7.20. The van der Waals surface area contributed by atoms with Gasteiger partial charge in [0.15, 0.2) is 0 Å². The average Bonchev–Trinajstić information content (AvgIpc) is 3.71. The maximum atomic E-state index is 13.8. The number of pyridine rings is 1. The molecular formula is C31H29ClFN7. The zero-order chi connectivity index (χ0) is 28.6. The molecule has 1 fully saturated rings. The summed E-state index contributed by atoms with van der Waals surface area (Å²) >= 11 is 6.74. The smallest absolute Gasteiger partial charge is 0.123 e. The van der Waals surface area contributed by atoms with Crippen LogP contribution in [0, 0.1) is 17.1 Å². The number of hydrogen-bond donors (Lipinski definition) is 4. The average molecular weight is 555 g/mol. The van der Waals surface area contributed by atoms with Crippen LogP contribution in [0.5, 0.6) is 0 Å². The van der Waals surface area contributed by atoms with Gasteiger partial charge in [-0.25, -0.2) is 4.39 Å². The van der Waals surface area contributed by atoms with Gasteiger partial charge in [-0.1, -0.05) is 61.0 Å². The summed E-state index contributed by atoms with van der Waals surface area (Å²) in [5.41, 5.74) is 10.6. The number of aromatic nitrogens is 1. The Labute approximate surface area is 239 Å². The molecule has 0 amide bonds. The summed E-state index contributed by atoms with van der Waals surface area (Å²) in [5.74, 6) is -0.198. The first-order valence-corrected chi connectivity index (χ1v) is 13.6. The van der Waals surface area contributed by atoms with Crippen molar-refractivity contribution in [2.24, 2.45) is 0 Å². The van der Waals surface area contributed by atoms with E-state index in [2.05, 4.69) is 51.7 Å². The standard InChI is InChI=1S/C31H29ClFN7/c1-19(20-5-3-2-4-6-20)16-35-29-22(15-34)17-36-31-26(29)13-24(14-27(31)32)37-30(21-7-9-23(33)10-8-21)28-18-40(39-38-28)25-11-12-25/h2-10,13-14,17-19,25,30,37-39H,11-12,16H2,1H3,(H,35,36)/t19-,30-/m1/s1/i30D. The van der Waals surface area contributed by atoms with Gasteiger partial charge in [0.2, 0.25) is 0 Å². The van der Waals surface area contributed by atoms with Crippen molar-refractivity contribution < 1.29 is 5.76 Å². The first-order valence-electron chi connectivity index (χ1n) is 13.7. The molecule has 202 valence electrons. The van der Waals surface area contributed by atoms with E-state index >= 15 is 0 Å². The second kappa shape index (κ2) is 11.0. The van der Waals surface area contributed by atoms with E-state index in [0.717, 1.165) is 12.8 Å². The van der Waals surface area contributed by atoms with Gasteiger partial charge >= 0.3 is 0 Å². The predicted octanol–water partition coefficient (Wildman–Crippen LogP) is 6.60. The molecule has 9 heteroatoms. The van der Waals surface area contributed by atoms with Gasteiger partial charge in [-0.15, -0.1) is 5.53 Å². The normalized spacial score (nSPS) is 17.3. The van der Waals surface area contributed by atoms with Gasteiger partial charge in [0.05, 0.1) is 34.9 Å². The molecule has 3 aromatic carbocycles. The quantitative estimate of drug-likeness (QED) is 0.185. The summed E-state index contributed by atoms with van der Waals surface area (Å²) in [6.07, 6.45) is 5.54. The van der Waals surface area contributed by atoms with Gasteiger partial charge in [-0.2, -0.15) is 5.26 Å². The van der Waals surface area contributed by atoms with E-state index in [1.807, 2.05) is 35.5 Å². The summed E-state index contributed by atoms with van der Waals surface area (Å²) in [6, 6.07) is 20.7. The Morgan fingerprint density at radius 3 is 2.67 bits per heavy atom. The van der Waals surface area contributed by atoms with Crippen molar-refractivity contribution in [3.05, 3.63) is 112 Å². The van der Waals surface area contributed by atoms with E-state index in [4.69, 9.17) is 11.6 Å². The van der Waals surface area contributed by atoms with Gasteiger partial charge in [-0.05, 0) is 54.2 Å². The molecule has 40 heavy (non-hydrogen) atoms. The zero-order valence-electron chi connectivity index (χ0n) is 22.9. The molecule has 2 aliphatic rings.